The maximum absolute atomic E-state index is 9.51. The summed E-state index contributed by atoms with van der Waals surface area (Å²) in [7, 11) is 1.36. The first-order valence-electron chi connectivity index (χ1n) is 4.15. The van der Waals surface area contributed by atoms with Crippen LogP contribution in [0.3, 0.4) is 0 Å². The van der Waals surface area contributed by atoms with Crippen molar-refractivity contribution >= 4 is 0 Å². The van der Waals surface area contributed by atoms with Gasteiger partial charge < -0.3 is 24.8 Å². The van der Waals surface area contributed by atoms with E-state index in [2.05, 4.69) is 0 Å². The lowest BCUT2D eigenvalue weighted by Crippen LogP contribution is -2.51. The first kappa shape index (κ1) is 12.8. The van der Waals surface area contributed by atoms with Crippen molar-refractivity contribution in [3.05, 3.63) is 0 Å². The fourth-order valence-corrected chi connectivity index (χ4v) is 0.839. The van der Waals surface area contributed by atoms with E-state index in [0.717, 1.165) is 0 Å². The molecule has 0 amide bonds. The van der Waals surface area contributed by atoms with Crippen molar-refractivity contribution in [1.29, 1.82) is 0 Å². The zero-order valence-corrected chi connectivity index (χ0v) is 8.23. The predicted molar refractivity (Wildman–Crippen MR) is 46.1 cm³/mol. The first-order valence-corrected chi connectivity index (χ1v) is 4.15. The molecule has 13 heavy (non-hydrogen) atoms. The van der Waals surface area contributed by atoms with Crippen molar-refractivity contribution in [2.45, 2.75) is 31.8 Å². The minimum atomic E-state index is -1.62. The third kappa shape index (κ3) is 3.58. The molecule has 0 spiro atoms. The van der Waals surface area contributed by atoms with E-state index >= 15 is 0 Å². The van der Waals surface area contributed by atoms with Gasteiger partial charge in [0.2, 0.25) is 0 Å². The molecular weight excluding hydrogens is 176 g/mol. The van der Waals surface area contributed by atoms with Gasteiger partial charge in [-0.05, 0) is 13.8 Å². The zero-order chi connectivity index (χ0) is 10.5. The molecule has 0 rings (SSSR count). The normalized spacial score (nSPS) is 20.8. The van der Waals surface area contributed by atoms with Crippen molar-refractivity contribution in [3.8, 4) is 0 Å². The van der Waals surface area contributed by atoms with E-state index < -0.39 is 24.6 Å². The molecule has 0 aliphatic carbocycles. The van der Waals surface area contributed by atoms with Gasteiger partial charge in [0, 0.05) is 13.7 Å². The highest BCUT2D eigenvalue weighted by Gasteiger charge is 2.36. The van der Waals surface area contributed by atoms with Gasteiger partial charge in [-0.15, -0.1) is 0 Å². The molecule has 0 saturated heterocycles. The lowest BCUT2D eigenvalue weighted by molar-refractivity contribution is -0.230. The molecule has 5 nitrogen and oxygen atoms in total. The second-order valence-corrected chi connectivity index (χ2v) is 3.02. The summed E-state index contributed by atoms with van der Waals surface area (Å²) in [5, 5.41) is 27.7. The van der Waals surface area contributed by atoms with Gasteiger partial charge >= 0.3 is 0 Å². The summed E-state index contributed by atoms with van der Waals surface area (Å²) in [6.07, 6.45) is -2.20. The molecule has 3 unspecified atom stereocenters. The Hall–Kier alpha value is -0.200. The van der Waals surface area contributed by atoms with Crippen molar-refractivity contribution in [3.63, 3.8) is 0 Å². The lowest BCUT2D eigenvalue weighted by Gasteiger charge is -2.31. The molecule has 3 N–H and O–H groups in total. The molecule has 80 valence electrons. The molecule has 0 aromatic heterocycles. The van der Waals surface area contributed by atoms with Gasteiger partial charge in [-0.3, -0.25) is 0 Å². The maximum atomic E-state index is 9.51. The van der Waals surface area contributed by atoms with Crippen LogP contribution in [-0.2, 0) is 9.47 Å². The molecule has 0 aliphatic rings. The fraction of sp³-hybridized carbons (Fsp3) is 1.00. The minimum Gasteiger partial charge on any atom is -0.393 e. The summed E-state index contributed by atoms with van der Waals surface area (Å²) < 4.78 is 9.80. The molecule has 0 saturated carbocycles. The van der Waals surface area contributed by atoms with Gasteiger partial charge in [0.1, 0.15) is 11.7 Å². The van der Waals surface area contributed by atoms with E-state index in [1.54, 1.807) is 6.92 Å². The minimum absolute atomic E-state index is 0.358. The molecule has 3 atom stereocenters. The smallest absolute Gasteiger partial charge is 0.185 e. The Morgan fingerprint density at radius 3 is 2.31 bits per heavy atom. The zero-order valence-electron chi connectivity index (χ0n) is 8.23. The third-order valence-corrected chi connectivity index (χ3v) is 1.78. The lowest BCUT2D eigenvalue weighted by atomic mass is 10.00. The fourth-order valence-electron chi connectivity index (χ4n) is 0.839. The average molecular weight is 194 g/mol. The van der Waals surface area contributed by atoms with Crippen LogP contribution in [0.15, 0.2) is 0 Å². The quantitative estimate of drug-likeness (QED) is 0.477. The molecule has 0 bridgehead atoms. The van der Waals surface area contributed by atoms with Gasteiger partial charge in [-0.2, -0.15) is 0 Å². The number of methoxy groups -OCH3 is 1. The Labute approximate surface area is 77.9 Å². The molecule has 0 aromatic carbocycles. The number of aliphatic hydroxyl groups excluding tert-OH is 2. The molecule has 0 radical (unpaired) electrons. The maximum Gasteiger partial charge on any atom is 0.185 e. The van der Waals surface area contributed by atoms with Crippen LogP contribution in [0.1, 0.15) is 13.8 Å². The van der Waals surface area contributed by atoms with Gasteiger partial charge in [-0.25, -0.2) is 0 Å². The summed E-state index contributed by atoms with van der Waals surface area (Å²) in [5.74, 6) is 0. The van der Waals surface area contributed by atoms with Gasteiger partial charge in [0.25, 0.3) is 0 Å². The number of ether oxygens (including phenoxy) is 2. The third-order valence-electron chi connectivity index (χ3n) is 1.78. The number of hydrogen-bond donors (Lipinski definition) is 3. The van der Waals surface area contributed by atoms with Crippen LogP contribution in [0.5, 0.6) is 0 Å². The number of aliphatic hydroxyl groups is 3. The van der Waals surface area contributed by atoms with Crippen LogP contribution in [0, 0.1) is 0 Å². The molecule has 5 heteroatoms. The van der Waals surface area contributed by atoms with Crippen LogP contribution < -0.4 is 0 Å². The second-order valence-electron chi connectivity index (χ2n) is 3.02. The summed E-state index contributed by atoms with van der Waals surface area (Å²) in [5.41, 5.74) is -1.62. The molecule has 0 aromatic rings. The second kappa shape index (κ2) is 5.51. The van der Waals surface area contributed by atoms with Gasteiger partial charge in [-0.1, -0.05) is 0 Å². The Morgan fingerprint density at radius 2 is 2.00 bits per heavy atom. The summed E-state index contributed by atoms with van der Waals surface area (Å²) in [6, 6.07) is 0. The summed E-state index contributed by atoms with van der Waals surface area (Å²) >= 11 is 0. The first-order chi connectivity index (χ1) is 5.99. The van der Waals surface area contributed by atoms with Crippen LogP contribution in [0.25, 0.3) is 0 Å². The SMILES string of the molecule is CCOC(OC)C(O)C(C)(O)CO. The summed E-state index contributed by atoms with van der Waals surface area (Å²) in [4.78, 5) is 0. The molecule has 0 aliphatic heterocycles. The van der Waals surface area contributed by atoms with Crippen LogP contribution in [-0.4, -0.2) is 53.6 Å². The van der Waals surface area contributed by atoms with Crippen molar-refractivity contribution in [1.82, 2.24) is 0 Å². The van der Waals surface area contributed by atoms with Crippen molar-refractivity contribution in [2.75, 3.05) is 20.3 Å². The Morgan fingerprint density at radius 1 is 1.46 bits per heavy atom. The van der Waals surface area contributed by atoms with E-state index in [1.165, 1.54) is 14.0 Å². The van der Waals surface area contributed by atoms with E-state index in [1.807, 2.05) is 0 Å². The topological polar surface area (TPSA) is 79.2 Å². The monoisotopic (exact) mass is 194 g/mol. The molecular formula is C8H18O5. The van der Waals surface area contributed by atoms with Crippen molar-refractivity contribution < 1.29 is 24.8 Å². The average Bonchev–Trinajstić information content (AvgIpc) is 2.13. The predicted octanol–water partition coefficient (Wildman–Crippen LogP) is -0.900. The Kier molecular flexibility index (Phi) is 5.43. The highest BCUT2D eigenvalue weighted by Crippen LogP contribution is 2.15. The van der Waals surface area contributed by atoms with Crippen LogP contribution in [0.4, 0.5) is 0 Å². The highest BCUT2D eigenvalue weighted by atomic mass is 16.7. The summed E-state index contributed by atoms with van der Waals surface area (Å²) in [6.45, 7) is 2.85. The largest absolute Gasteiger partial charge is 0.393 e. The Bertz CT molecular complexity index is 136. The Balaban J connectivity index is 4.26. The highest BCUT2D eigenvalue weighted by molar-refractivity contribution is 4.83. The number of rotatable bonds is 6. The number of hydrogen-bond acceptors (Lipinski definition) is 5. The van der Waals surface area contributed by atoms with Gasteiger partial charge in [0.15, 0.2) is 6.29 Å². The molecule has 0 heterocycles. The van der Waals surface area contributed by atoms with E-state index in [9.17, 15) is 10.2 Å². The van der Waals surface area contributed by atoms with Gasteiger partial charge in [0.05, 0.1) is 6.61 Å². The van der Waals surface area contributed by atoms with Crippen molar-refractivity contribution in [2.24, 2.45) is 0 Å². The van der Waals surface area contributed by atoms with Crippen LogP contribution >= 0.6 is 0 Å². The standard InChI is InChI=1S/C8H18O5/c1-4-13-7(12-3)6(10)8(2,11)5-9/h6-7,9-11H,4-5H2,1-3H3. The van der Waals surface area contributed by atoms with E-state index in [-0.39, 0.29) is 0 Å². The van der Waals surface area contributed by atoms with Crippen LogP contribution in [0.2, 0.25) is 0 Å². The van der Waals surface area contributed by atoms with E-state index in [4.69, 9.17) is 14.6 Å². The molecule has 0 fully saturated rings. The van der Waals surface area contributed by atoms with E-state index in [0.29, 0.717) is 6.61 Å².